The highest BCUT2D eigenvalue weighted by Crippen LogP contribution is 1.80. The van der Waals surface area contributed by atoms with E-state index in [2.05, 4.69) is 18.9 Å². The highest BCUT2D eigenvalue weighted by atomic mass is 15.4. The van der Waals surface area contributed by atoms with Gasteiger partial charge in [-0.2, -0.15) is 0 Å². The third kappa shape index (κ3) is 5.47. The minimum absolute atomic E-state index is 0.553. The zero-order chi connectivity index (χ0) is 6.57. The fraction of sp³-hybridized carbons (Fsp3) is 0.833. The van der Waals surface area contributed by atoms with Gasteiger partial charge in [-0.3, -0.25) is 0 Å². The summed E-state index contributed by atoms with van der Waals surface area (Å²) in [5, 5.41) is 5.82. The van der Waals surface area contributed by atoms with Crippen molar-refractivity contribution in [2.24, 2.45) is 5.92 Å². The lowest BCUT2D eigenvalue weighted by Crippen LogP contribution is -2.16. The Labute approximate surface area is 51.2 Å². The average molecular weight is 114 g/mol. The van der Waals surface area contributed by atoms with E-state index in [9.17, 15) is 0 Å². The largest absolute Gasteiger partial charge is 0.254 e. The van der Waals surface area contributed by atoms with Crippen LogP contribution in [0.25, 0.3) is 0 Å². The summed E-state index contributed by atoms with van der Waals surface area (Å²) >= 11 is 0. The number of rotatable bonds is 2. The molecular formula is C6H14N2+. The van der Waals surface area contributed by atoms with Gasteiger partial charge < -0.3 is 0 Å². The Bertz CT molecular complexity index is 64.6. The van der Waals surface area contributed by atoms with Crippen molar-refractivity contribution in [3.8, 4) is 0 Å². The first-order valence-corrected chi connectivity index (χ1v) is 2.84. The summed E-state index contributed by atoms with van der Waals surface area (Å²) in [5.41, 5.74) is 0. The Balaban J connectivity index is 3.34. The van der Waals surface area contributed by atoms with Crippen LogP contribution in [0.5, 0.6) is 0 Å². The summed E-state index contributed by atoms with van der Waals surface area (Å²) in [6.45, 7) is 4.21. The van der Waals surface area contributed by atoms with Gasteiger partial charge in [-0.05, 0) is 0 Å². The standard InChI is InChI=1S/C6H14N2/c1-6(2)5-7-8(3)4/h5-6H,1-4H3/q+1. The maximum absolute atomic E-state index is 4.03. The van der Waals surface area contributed by atoms with Gasteiger partial charge in [0.05, 0.1) is 14.1 Å². The van der Waals surface area contributed by atoms with Gasteiger partial charge in [0.15, 0.2) is 5.10 Å². The maximum Gasteiger partial charge on any atom is 0.254 e. The van der Waals surface area contributed by atoms with Crippen LogP contribution in [0.15, 0.2) is 0 Å². The Hall–Kier alpha value is -0.530. The van der Waals surface area contributed by atoms with Crippen molar-refractivity contribution in [1.29, 1.82) is 0 Å². The molecule has 0 N–H and O–H groups in total. The molecule has 0 aromatic carbocycles. The maximum atomic E-state index is 4.03. The molecule has 47 valence electrons. The second-order valence-electron chi connectivity index (χ2n) is 2.36. The quantitative estimate of drug-likeness (QED) is 0.378. The van der Waals surface area contributed by atoms with E-state index in [-0.39, 0.29) is 0 Å². The van der Waals surface area contributed by atoms with Gasteiger partial charge in [-0.1, -0.05) is 13.8 Å². The minimum Gasteiger partial charge on any atom is -0.128 e. The van der Waals surface area contributed by atoms with E-state index >= 15 is 0 Å². The van der Waals surface area contributed by atoms with Crippen molar-refractivity contribution in [3.63, 3.8) is 0 Å². The highest BCUT2D eigenvalue weighted by molar-refractivity contribution is 5.57. The van der Waals surface area contributed by atoms with Crippen LogP contribution in [0.1, 0.15) is 13.8 Å². The van der Waals surface area contributed by atoms with Crippen molar-refractivity contribution < 1.29 is 0 Å². The van der Waals surface area contributed by atoms with Crippen molar-refractivity contribution in [3.05, 3.63) is 0 Å². The monoisotopic (exact) mass is 114 g/mol. The van der Waals surface area contributed by atoms with E-state index in [1.165, 1.54) is 0 Å². The van der Waals surface area contributed by atoms with Crippen LogP contribution in [0.4, 0.5) is 0 Å². The van der Waals surface area contributed by atoms with Gasteiger partial charge in [-0.15, -0.1) is 5.01 Å². The number of hydrogen-bond acceptors (Lipinski definition) is 2. The van der Waals surface area contributed by atoms with E-state index in [4.69, 9.17) is 0 Å². The molecule has 0 atom stereocenters. The zero-order valence-corrected chi connectivity index (χ0v) is 6.05. The lowest BCUT2D eigenvalue weighted by molar-refractivity contribution is 0.380. The first kappa shape index (κ1) is 7.47. The second-order valence-corrected chi connectivity index (χ2v) is 2.36. The van der Waals surface area contributed by atoms with Crippen LogP contribution in [-0.4, -0.2) is 25.3 Å². The molecule has 0 aromatic heterocycles. The molecule has 0 spiro atoms. The van der Waals surface area contributed by atoms with Gasteiger partial charge in [0, 0.05) is 5.92 Å². The van der Waals surface area contributed by atoms with Gasteiger partial charge in [0.1, 0.15) is 0 Å². The predicted molar refractivity (Wildman–Crippen MR) is 36.7 cm³/mol. The van der Waals surface area contributed by atoms with Crippen LogP contribution in [-0.2, 0) is 0 Å². The molecule has 0 saturated heterocycles. The van der Waals surface area contributed by atoms with Gasteiger partial charge in [0.2, 0.25) is 0 Å². The highest BCUT2D eigenvalue weighted by Gasteiger charge is 1.96. The molecule has 0 saturated carbocycles. The third-order valence-corrected chi connectivity index (χ3v) is 0.596. The molecule has 0 aliphatic rings. The van der Waals surface area contributed by atoms with Gasteiger partial charge >= 0.3 is 0 Å². The topological polar surface area (TPSA) is 17.3 Å². The van der Waals surface area contributed by atoms with E-state index in [1.807, 2.05) is 20.3 Å². The Morgan fingerprint density at radius 2 is 1.88 bits per heavy atom. The average Bonchev–Trinajstić information content (AvgIpc) is 1.61. The van der Waals surface area contributed by atoms with E-state index in [1.54, 1.807) is 5.01 Å². The lowest BCUT2D eigenvalue weighted by atomic mass is 10.3. The van der Waals surface area contributed by atoms with Crippen molar-refractivity contribution in [1.82, 2.24) is 10.1 Å². The minimum atomic E-state index is 0.553. The smallest absolute Gasteiger partial charge is 0.128 e. The molecule has 0 unspecified atom stereocenters. The summed E-state index contributed by atoms with van der Waals surface area (Å²) < 4.78 is 0. The Morgan fingerprint density at radius 3 is 2.00 bits per heavy atom. The molecule has 0 fully saturated rings. The summed E-state index contributed by atoms with van der Waals surface area (Å²) in [7, 11) is 3.83. The molecule has 0 aromatic rings. The number of hydrazone groups is 1. The molecule has 2 nitrogen and oxygen atoms in total. The molecule has 0 aliphatic heterocycles. The van der Waals surface area contributed by atoms with Crippen LogP contribution >= 0.6 is 0 Å². The van der Waals surface area contributed by atoms with Crippen LogP contribution < -0.4 is 5.10 Å². The predicted octanol–water partition coefficient (Wildman–Crippen LogP) is 0.526. The van der Waals surface area contributed by atoms with Crippen molar-refractivity contribution in [2.75, 3.05) is 14.1 Å². The SMILES string of the molecule is CC(C)C=[N+]N(C)C. The molecule has 2 heteroatoms. The van der Waals surface area contributed by atoms with Gasteiger partial charge in [-0.25, -0.2) is 0 Å². The number of hydrogen-bond donors (Lipinski definition) is 0. The van der Waals surface area contributed by atoms with Crippen LogP contribution in [0, 0.1) is 5.92 Å². The molecule has 0 aliphatic carbocycles. The second kappa shape index (κ2) is 3.47. The molecular weight excluding hydrogens is 100 g/mol. The Kier molecular flexibility index (Phi) is 3.24. The van der Waals surface area contributed by atoms with E-state index < -0.39 is 0 Å². The summed E-state index contributed by atoms with van der Waals surface area (Å²) in [6.07, 6.45) is 1.92. The van der Waals surface area contributed by atoms with Gasteiger partial charge in [0.25, 0.3) is 6.21 Å². The van der Waals surface area contributed by atoms with Crippen molar-refractivity contribution >= 4 is 6.21 Å². The fourth-order valence-electron chi connectivity index (χ4n) is 0.267. The molecule has 0 rings (SSSR count). The van der Waals surface area contributed by atoms with Crippen LogP contribution in [0.2, 0.25) is 0 Å². The first-order chi connectivity index (χ1) is 3.63. The number of nitrogens with zero attached hydrogens (tertiary/aromatic N) is 2. The molecule has 0 amide bonds. The van der Waals surface area contributed by atoms with E-state index in [0.29, 0.717) is 5.92 Å². The molecule has 1 radical (unpaired) electrons. The van der Waals surface area contributed by atoms with Crippen molar-refractivity contribution in [2.45, 2.75) is 13.8 Å². The molecule has 0 heterocycles. The first-order valence-electron chi connectivity index (χ1n) is 2.84. The van der Waals surface area contributed by atoms with Crippen LogP contribution in [0.3, 0.4) is 0 Å². The third-order valence-electron chi connectivity index (χ3n) is 0.596. The molecule has 8 heavy (non-hydrogen) atoms. The summed E-state index contributed by atoms with van der Waals surface area (Å²) in [6, 6.07) is 0. The fourth-order valence-corrected chi connectivity index (χ4v) is 0.267. The normalized spacial score (nSPS) is 11.1. The summed E-state index contributed by atoms with van der Waals surface area (Å²) in [4.78, 5) is 0. The Morgan fingerprint density at radius 1 is 1.38 bits per heavy atom. The van der Waals surface area contributed by atoms with E-state index in [0.717, 1.165) is 0 Å². The lowest BCUT2D eigenvalue weighted by Gasteiger charge is -1.86. The zero-order valence-electron chi connectivity index (χ0n) is 6.05. The molecule has 0 bridgehead atoms. The summed E-state index contributed by atoms with van der Waals surface area (Å²) in [5.74, 6) is 0.553.